The molecule has 0 aromatic rings. The van der Waals surface area contributed by atoms with Gasteiger partial charge in [-0.3, -0.25) is 14.4 Å². The van der Waals surface area contributed by atoms with Gasteiger partial charge in [-0.05, 0) is 77.0 Å². The molecular weight excluding hydrogens is 829 g/mol. The van der Waals surface area contributed by atoms with Crippen molar-refractivity contribution >= 4 is 17.9 Å². The van der Waals surface area contributed by atoms with Crippen LogP contribution in [0.5, 0.6) is 0 Å². The summed E-state index contributed by atoms with van der Waals surface area (Å²) in [7, 11) is 0. The number of unbranched alkanes of at least 4 members (excludes halogenated alkanes) is 37. The van der Waals surface area contributed by atoms with E-state index in [0.717, 1.165) is 70.6 Å². The van der Waals surface area contributed by atoms with E-state index in [1.165, 1.54) is 205 Å². The highest BCUT2D eigenvalue weighted by Gasteiger charge is 2.19. The van der Waals surface area contributed by atoms with Crippen LogP contribution < -0.4 is 0 Å². The van der Waals surface area contributed by atoms with Gasteiger partial charge >= 0.3 is 17.9 Å². The second-order valence-electron chi connectivity index (χ2n) is 19.9. The minimum absolute atomic E-state index is 0.0715. The van der Waals surface area contributed by atoms with Crippen LogP contribution in [0, 0.1) is 0 Å². The summed E-state index contributed by atoms with van der Waals surface area (Å²) in [5.41, 5.74) is 0. The summed E-state index contributed by atoms with van der Waals surface area (Å²) in [6, 6.07) is 0. The number of ether oxygens (including phenoxy) is 3. The highest BCUT2D eigenvalue weighted by molar-refractivity contribution is 5.71. The third-order valence-electron chi connectivity index (χ3n) is 13.1. The first-order chi connectivity index (χ1) is 33.0. The summed E-state index contributed by atoms with van der Waals surface area (Å²) in [6.45, 7) is 6.57. The van der Waals surface area contributed by atoms with Crippen LogP contribution in [0.3, 0.4) is 0 Å². The fourth-order valence-corrected chi connectivity index (χ4v) is 8.65. The third-order valence-corrected chi connectivity index (χ3v) is 13.1. The van der Waals surface area contributed by atoms with Crippen molar-refractivity contribution in [1.82, 2.24) is 0 Å². The highest BCUT2D eigenvalue weighted by Crippen LogP contribution is 2.16. The Hall–Kier alpha value is -2.37. The van der Waals surface area contributed by atoms with Gasteiger partial charge in [-0.2, -0.15) is 0 Å². The Kier molecular flexibility index (Phi) is 54.2. The number of hydrogen-bond donors (Lipinski definition) is 0. The van der Waals surface area contributed by atoms with Gasteiger partial charge in [0.2, 0.25) is 0 Å². The number of rotatable bonds is 54. The number of allylic oxidation sites excluding steroid dienone is 6. The van der Waals surface area contributed by atoms with Gasteiger partial charge in [0.15, 0.2) is 6.10 Å². The largest absolute Gasteiger partial charge is 0.462 e. The van der Waals surface area contributed by atoms with Gasteiger partial charge < -0.3 is 14.2 Å². The summed E-state index contributed by atoms with van der Waals surface area (Å²) < 4.78 is 16.7. The van der Waals surface area contributed by atoms with Crippen LogP contribution in [0.15, 0.2) is 36.5 Å². The molecule has 67 heavy (non-hydrogen) atoms. The molecule has 0 bridgehead atoms. The Balaban J connectivity index is 4.03. The molecule has 0 aromatic heterocycles. The van der Waals surface area contributed by atoms with Crippen molar-refractivity contribution in [3.05, 3.63) is 36.5 Å². The molecule has 0 saturated carbocycles. The molecular formula is C61H112O6. The zero-order chi connectivity index (χ0) is 48.6. The molecule has 6 heteroatoms. The fourth-order valence-electron chi connectivity index (χ4n) is 8.65. The van der Waals surface area contributed by atoms with Crippen molar-refractivity contribution < 1.29 is 28.6 Å². The lowest BCUT2D eigenvalue weighted by Crippen LogP contribution is -2.30. The molecule has 0 aliphatic heterocycles. The molecule has 0 saturated heterocycles. The Morgan fingerprint density at radius 1 is 0.299 bits per heavy atom. The molecule has 6 nitrogen and oxygen atoms in total. The lowest BCUT2D eigenvalue weighted by Gasteiger charge is -2.18. The molecule has 0 radical (unpaired) electrons. The molecule has 0 rings (SSSR count). The predicted molar refractivity (Wildman–Crippen MR) is 289 cm³/mol. The summed E-state index contributed by atoms with van der Waals surface area (Å²) in [5, 5.41) is 0. The fraction of sp³-hybridized carbons (Fsp3) is 0.852. The van der Waals surface area contributed by atoms with E-state index in [4.69, 9.17) is 14.2 Å². The molecule has 0 amide bonds. The monoisotopic (exact) mass is 941 g/mol. The first kappa shape index (κ1) is 64.6. The maximum Gasteiger partial charge on any atom is 0.306 e. The first-order valence-electron chi connectivity index (χ1n) is 29.5. The highest BCUT2D eigenvalue weighted by atomic mass is 16.6. The maximum absolute atomic E-state index is 12.8. The van der Waals surface area contributed by atoms with Crippen LogP contribution in [0.1, 0.15) is 316 Å². The van der Waals surface area contributed by atoms with E-state index in [1.807, 2.05) is 0 Å². The van der Waals surface area contributed by atoms with Crippen molar-refractivity contribution in [3.63, 3.8) is 0 Å². The Labute approximate surface area is 416 Å². The topological polar surface area (TPSA) is 78.9 Å². The van der Waals surface area contributed by atoms with Gasteiger partial charge in [0.1, 0.15) is 13.2 Å². The van der Waals surface area contributed by atoms with Gasteiger partial charge in [0, 0.05) is 19.3 Å². The Morgan fingerprint density at radius 3 is 0.866 bits per heavy atom. The molecule has 392 valence electrons. The SMILES string of the molecule is CCCCC/C=C\C/C=C\CCCCCCCCCCCC(=O)OC(COC(=O)CCCCCCC)COC(=O)CCCCCCCCCCCCCCC/C=C\CCCCCCCCCC. The Morgan fingerprint density at radius 2 is 0.537 bits per heavy atom. The molecule has 1 unspecified atom stereocenters. The van der Waals surface area contributed by atoms with Crippen molar-refractivity contribution in [1.29, 1.82) is 0 Å². The summed E-state index contributed by atoms with van der Waals surface area (Å²) >= 11 is 0. The lowest BCUT2D eigenvalue weighted by atomic mass is 10.0. The van der Waals surface area contributed by atoms with Crippen LogP contribution in [-0.4, -0.2) is 37.2 Å². The molecule has 0 fully saturated rings. The number of esters is 3. The quantitative estimate of drug-likeness (QED) is 0.0262. The van der Waals surface area contributed by atoms with E-state index in [9.17, 15) is 14.4 Å². The lowest BCUT2D eigenvalue weighted by molar-refractivity contribution is -0.167. The van der Waals surface area contributed by atoms with Crippen molar-refractivity contribution in [3.8, 4) is 0 Å². The van der Waals surface area contributed by atoms with E-state index in [2.05, 4.69) is 57.2 Å². The van der Waals surface area contributed by atoms with Crippen LogP contribution >= 0.6 is 0 Å². The number of carbonyl (C=O) groups is 3. The van der Waals surface area contributed by atoms with Crippen LogP contribution in [-0.2, 0) is 28.6 Å². The van der Waals surface area contributed by atoms with E-state index in [0.29, 0.717) is 19.3 Å². The Bertz CT molecular complexity index is 1130. The molecule has 0 aliphatic carbocycles. The smallest absolute Gasteiger partial charge is 0.306 e. The molecule has 0 N–H and O–H groups in total. The maximum atomic E-state index is 12.8. The normalized spacial score (nSPS) is 12.2. The predicted octanol–water partition coefficient (Wildman–Crippen LogP) is 19.7. The van der Waals surface area contributed by atoms with Gasteiger partial charge in [-0.1, -0.05) is 256 Å². The zero-order valence-electron chi connectivity index (χ0n) is 44.9. The average molecular weight is 942 g/mol. The first-order valence-corrected chi connectivity index (χ1v) is 29.5. The van der Waals surface area contributed by atoms with Gasteiger partial charge in [0.05, 0.1) is 0 Å². The van der Waals surface area contributed by atoms with E-state index < -0.39 is 6.10 Å². The number of carbonyl (C=O) groups excluding carboxylic acids is 3. The van der Waals surface area contributed by atoms with Crippen molar-refractivity contribution in [2.45, 2.75) is 322 Å². The van der Waals surface area contributed by atoms with E-state index in [-0.39, 0.29) is 31.1 Å². The molecule has 1 atom stereocenters. The van der Waals surface area contributed by atoms with E-state index in [1.54, 1.807) is 0 Å². The second-order valence-corrected chi connectivity index (χ2v) is 19.9. The van der Waals surface area contributed by atoms with Crippen LogP contribution in [0.2, 0.25) is 0 Å². The molecule has 0 aromatic carbocycles. The van der Waals surface area contributed by atoms with Crippen molar-refractivity contribution in [2.24, 2.45) is 0 Å². The minimum atomic E-state index is -0.769. The summed E-state index contributed by atoms with van der Waals surface area (Å²) in [5.74, 6) is -0.875. The van der Waals surface area contributed by atoms with Crippen LogP contribution in [0.25, 0.3) is 0 Å². The van der Waals surface area contributed by atoms with Gasteiger partial charge in [0.25, 0.3) is 0 Å². The second kappa shape index (κ2) is 56.2. The van der Waals surface area contributed by atoms with Crippen LogP contribution in [0.4, 0.5) is 0 Å². The van der Waals surface area contributed by atoms with Gasteiger partial charge in [-0.25, -0.2) is 0 Å². The minimum Gasteiger partial charge on any atom is -0.462 e. The molecule has 0 heterocycles. The third kappa shape index (κ3) is 54.4. The van der Waals surface area contributed by atoms with Gasteiger partial charge in [-0.15, -0.1) is 0 Å². The standard InChI is InChI=1S/C61H112O6/c1-4-7-10-13-15-17-19-21-23-25-27-28-29-30-31-32-34-35-37-39-41-43-45-48-51-54-60(63)66-57-58(56-65-59(62)53-50-47-12-9-6-3)67-61(64)55-52-49-46-44-42-40-38-36-33-26-24-22-20-18-16-14-11-8-5-2/h16,18,22,24-25,27,58H,4-15,17,19-21,23,26,28-57H2,1-3H3/b18-16-,24-22-,27-25-. The summed E-state index contributed by atoms with van der Waals surface area (Å²) in [4.78, 5) is 37.8. The molecule has 0 spiro atoms. The van der Waals surface area contributed by atoms with Crippen molar-refractivity contribution in [2.75, 3.05) is 13.2 Å². The summed E-state index contributed by atoms with van der Waals surface area (Å²) in [6.07, 6.45) is 67.6. The zero-order valence-corrected chi connectivity index (χ0v) is 44.9. The number of hydrogen-bond acceptors (Lipinski definition) is 6. The molecule has 0 aliphatic rings. The average Bonchev–Trinajstić information content (AvgIpc) is 3.33. The van der Waals surface area contributed by atoms with E-state index >= 15 is 0 Å².